The molecule has 1 aromatic heterocycles. The van der Waals surface area contributed by atoms with Crippen LogP contribution >= 0.6 is 15.9 Å². The zero-order valence-electron chi connectivity index (χ0n) is 10.9. The van der Waals surface area contributed by atoms with Crippen LogP contribution in [0, 0.1) is 5.82 Å². The van der Waals surface area contributed by atoms with Gasteiger partial charge in [-0.25, -0.2) is 9.37 Å². The van der Waals surface area contributed by atoms with Crippen LogP contribution in [0.4, 0.5) is 4.39 Å². The van der Waals surface area contributed by atoms with Gasteiger partial charge in [0.2, 0.25) is 5.88 Å². The predicted molar refractivity (Wildman–Crippen MR) is 78.4 cm³/mol. The van der Waals surface area contributed by atoms with E-state index in [4.69, 9.17) is 4.74 Å². The molecule has 0 radical (unpaired) electrons. The maximum absolute atomic E-state index is 14.0. The molecule has 0 fully saturated rings. The van der Waals surface area contributed by atoms with Gasteiger partial charge < -0.3 is 4.74 Å². The van der Waals surface area contributed by atoms with Crippen LogP contribution in [0.2, 0.25) is 0 Å². The van der Waals surface area contributed by atoms with Crippen molar-refractivity contribution in [2.75, 3.05) is 5.33 Å². The normalized spacial score (nSPS) is 10.3. The number of hydrogen-bond donors (Lipinski definition) is 0. The summed E-state index contributed by atoms with van der Waals surface area (Å²) in [5, 5.41) is 0.796. The number of nitrogens with zero attached hydrogens (tertiary/aromatic N) is 1. The van der Waals surface area contributed by atoms with E-state index in [9.17, 15) is 9.18 Å². The Kier molecular flexibility index (Phi) is 4.84. The molecule has 0 amide bonds. The van der Waals surface area contributed by atoms with Gasteiger partial charge in [0.15, 0.2) is 0 Å². The summed E-state index contributed by atoms with van der Waals surface area (Å²) in [6.07, 6.45) is 2.27. The van der Waals surface area contributed by atoms with Crippen molar-refractivity contribution in [3.05, 3.63) is 47.9 Å². The van der Waals surface area contributed by atoms with Crippen molar-refractivity contribution in [2.24, 2.45) is 0 Å². The fourth-order valence-electron chi connectivity index (χ4n) is 1.80. The second-order valence-corrected chi connectivity index (χ2v) is 5.02. The lowest BCUT2D eigenvalue weighted by atomic mass is 10.0. The van der Waals surface area contributed by atoms with Gasteiger partial charge in [0, 0.05) is 35.6 Å². The number of rotatable bonds is 4. The van der Waals surface area contributed by atoms with Crippen molar-refractivity contribution in [1.82, 2.24) is 4.98 Å². The van der Waals surface area contributed by atoms with Crippen LogP contribution in [0.25, 0.3) is 11.1 Å². The molecule has 0 aliphatic heterocycles. The van der Waals surface area contributed by atoms with E-state index >= 15 is 0 Å². The molecule has 0 unspecified atom stereocenters. The van der Waals surface area contributed by atoms with Gasteiger partial charge in [-0.2, -0.15) is 0 Å². The number of aromatic nitrogens is 1. The molecule has 1 heterocycles. The molecule has 0 spiro atoms. The second kappa shape index (κ2) is 6.61. The van der Waals surface area contributed by atoms with Crippen molar-refractivity contribution in [2.45, 2.75) is 13.3 Å². The summed E-state index contributed by atoms with van der Waals surface area (Å²) < 4.78 is 18.9. The van der Waals surface area contributed by atoms with Gasteiger partial charge in [-0.3, -0.25) is 4.79 Å². The number of pyridine rings is 1. The fraction of sp³-hybridized carbons (Fsp3) is 0.200. The van der Waals surface area contributed by atoms with Crippen molar-refractivity contribution >= 4 is 21.9 Å². The van der Waals surface area contributed by atoms with Crippen LogP contribution in [0.3, 0.4) is 0 Å². The molecule has 0 aliphatic carbocycles. The zero-order chi connectivity index (χ0) is 14.5. The Morgan fingerprint density at radius 3 is 2.70 bits per heavy atom. The first-order valence-electron chi connectivity index (χ1n) is 6.09. The van der Waals surface area contributed by atoms with Crippen molar-refractivity contribution in [1.29, 1.82) is 0 Å². The van der Waals surface area contributed by atoms with E-state index in [-0.39, 0.29) is 11.7 Å². The molecule has 0 aliphatic rings. The first-order chi connectivity index (χ1) is 9.60. The quantitative estimate of drug-likeness (QED) is 0.630. The number of carbonyl (C=O) groups excluding carboxylic acids is 1. The lowest BCUT2D eigenvalue weighted by molar-refractivity contribution is -0.132. The third kappa shape index (κ3) is 3.63. The second-order valence-electron chi connectivity index (χ2n) is 4.23. The molecule has 5 heteroatoms. The number of aryl methyl sites for hydroxylation is 1. The van der Waals surface area contributed by atoms with Crippen molar-refractivity contribution < 1.29 is 13.9 Å². The minimum Gasteiger partial charge on any atom is -0.408 e. The highest BCUT2D eigenvalue weighted by atomic mass is 79.9. The molecule has 20 heavy (non-hydrogen) atoms. The van der Waals surface area contributed by atoms with Crippen LogP contribution in [0.1, 0.15) is 12.5 Å². The largest absolute Gasteiger partial charge is 0.408 e. The topological polar surface area (TPSA) is 39.2 Å². The van der Waals surface area contributed by atoms with Crippen LogP contribution in [0.5, 0.6) is 5.88 Å². The fourth-order valence-corrected chi connectivity index (χ4v) is 2.26. The Balaban J connectivity index is 2.25. The van der Waals surface area contributed by atoms with E-state index in [1.54, 1.807) is 18.2 Å². The number of alkyl halides is 1. The highest BCUT2D eigenvalue weighted by Crippen LogP contribution is 2.24. The molecule has 0 atom stereocenters. The summed E-state index contributed by atoms with van der Waals surface area (Å²) in [4.78, 5) is 14.8. The maximum atomic E-state index is 14.0. The predicted octanol–water partition coefficient (Wildman–Crippen LogP) is 3.75. The maximum Gasteiger partial charge on any atom is 0.309 e. The molecule has 0 bridgehead atoms. The molecule has 104 valence electrons. The third-order valence-corrected chi connectivity index (χ3v) is 3.11. The van der Waals surface area contributed by atoms with Crippen LogP contribution in [0.15, 0.2) is 36.5 Å². The molecule has 2 aromatic rings. The summed E-state index contributed by atoms with van der Waals surface area (Å²) in [5.74, 6) is -0.515. The molecule has 1 aromatic carbocycles. The molecule has 0 saturated carbocycles. The van der Waals surface area contributed by atoms with Crippen LogP contribution < -0.4 is 4.74 Å². The van der Waals surface area contributed by atoms with Crippen LogP contribution in [-0.4, -0.2) is 16.3 Å². The minimum absolute atomic E-state index is 0.206. The standard InChI is InChI=1S/C15H13BrFNO2/c1-10(19)20-15-5-3-12(9-18-15)13-4-2-11(6-7-16)8-14(13)17/h2-5,8-9H,6-7H2,1H3. The van der Waals surface area contributed by atoms with Gasteiger partial charge in [0.05, 0.1) is 0 Å². The SMILES string of the molecule is CC(=O)Oc1ccc(-c2ccc(CCBr)cc2F)cn1. The Bertz CT molecular complexity index is 614. The van der Waals surface area contributed by atoms with Gasteiger partial charge in [-0.1, -0.05) is 28.1 Å². The summed E-state index contributed by atoms with van der Waals surface area (Å²) in [7, 11) is 0. The Labute approximate surface area is 124 Å². The molecule has 3 nitrogen and oxygen atoms in total. The summed E-state index contributed by atoms with van der Waals surface area (Å²) >= 11 is 3.33. The van der Waals surface area contributed by atoms with Crippen molar-refractivity contribution in [3.63, 3.8) is 0 Å². The van der Waals surface area contributed by atoms with E-state index in [1.165, 1.54) is 19.2 Å². The van der Waals surface area contributed by atoms with Gasteiger partial charge in [-0.05, 0) is 24.1 Å². The third-order valence-electron chi connectivity index (χ3n) is 2.71. The first kappa shape index (κ1) is 14.7. The monoisotopic (exact) mass is 337 g/mol. The summed E-state index contributed by atoms with van der Waals surface area (Å²) in [6, 6.07) is 8.36. The Hall–Kier alpha value is -1.75. The number of halogens is 2. The van der Waals surface area contributed by atoms with E-state index < -0.39 is 5.97 Å². The van der Waals surface area contributed by atoms with Gasteiger partial charge in [0.25, 0.3) is 0 Å². The minimum atomic E-state index is -0.435. The first-order valence-corrected chi connectivity index (χ1v) is 7.21. The van der Waals surface area contributed by atoms with Gasteiger partial charge in [0.1, 0.15) is 5.82 Å². The van der Waals surface area contributed by atoms with Crippen LogP contribution in [-0.2, 0) is 11.2 Å². The molecular weight excluding hydrogens is 325 g/mol. The highest BCUT2D eigenvalue weighted by molar-refractivity contribution is 9.09. The molecular formula is C15H13BrFNO2. The van der Waals surface area contributed by atoms with Crippen molar-refractivity contribution in [3.8, 4) is 17.0 Å². The number of esters is 1. The average Bonchev–Trinajstić information content (AvgIpc) is 2.40. The van der Waals surface area contributed by atoms with E-state index in [1.807, 2.05) is 6.07 Å². The smallest absolute Gasteiger partial charge is 0.309 e. The Morgan fingerprint density at radius 2 is 2.15 bits per heavy atom. The Morgan fingerprint density at radius 1 is 1.35 bits per heavy atom. The zero-order valence-corrected chi connectivity index (χ0v) is 12.5. The van der Waals surface area contributed by atoms with E-state index in [0.29, 0.717) is 11.1 Å². The number of benzene rings is 1. The lowest BCUT2D eigenvalue weighted by Gasteiger charge is -2.06. The van der Waals surface area contributed by atoms with Gasteiger partial charge in [-0.15, -0.1) is 0 Å². The average molecular weight is 338 g/mol. The highest BCUT2D eigenvalue weighted by Gasteiger charge is 2.07. The molecule has 0 N–H and O–H groups in total. The molecule has 0 saturated heterocycles. The summed E-state index contributed by atoms with van der Waals surface area (Å²) in [6.45, 7) is 1.30. The van der Waals surface area contributed by atoms with E-state index in [0.717, 1.165) is 17.3 Å². The number of carbonyl (C=O) groups is 1. The van der Waals surface area contributed by atoms with E-state index in [2.05, 4.69) is 20.9 Å². The number of hydrogen-bond acceptors (Lipinski definition) is 3. The van der Waals surface area contributed by atoms with Gasteiger partial charge >= 0.3 is 5.97 Å². The lowest BCUT2D eigenvalue weighted by Crippen LogP contribution is -2.02. The number of ether oxygens (including phenoxy) is 1. The molecule has 2 rings (SSSR count). The summed E-state index contributed by atoms with van der Waals surface area (Å²) in [5.41, 5.74) is 2.06.